The van der Waals surface area contributed by atoms with E-state index in [0.29, 0.717) is 0 Å². The summed E-state index contributed by atoms with van der Waals surface area (Å²) in [4.78, 5) is 11.5. The van der Waals surface area contributed by atoms with E-state index >= 15 is 0 Å². The smallest absolute Gasteiger partial charge is 0.323 e. The summed E-state index contributed by atoms with van der Waals surface area (Å²) in [6.45, 7) is 0. The summed E-state index contributed by atoms with van der Waals surface area (Å²) in [6, 6.07) is 4.19. The normalized spacial score (nSPS) is 25.8. The van der Waals surface area contributed by atoms with Crippen LogP contribution in [0.2, 0.25) is 0 Å². The molecule has 0 spiro atoms. The summed E-state index contributed by atoms with van der Waals surface area (Å²) >= 11 is 0. The van der Waals surface area contributed by atoms with Crippen LogP contribution in [-0.4, -0.2) is 39.0 Å². The summed E-state index contributed by atoms with van der Waals surface area (Å²) < 4.78 is 41.8. The molecule has 0 bridgehead atoms. The number of nitrogens with one attached hydrogen (secondary N) is 1. The first kappa shape index (κ1) is 14.0. The van der Waals surface area contributed by atoms with Crippen LogP contribution in [0, 0.1) is 5.82 Å². The lowest BCUT2D eigenvalue weighted by Crippen LogP contribution is -2.51. The minimum absolute atomic E-state index is 0.235. The van der Waals surface area contributed by atoms with Gasteiger partial charge in [0.15, 0.2) is 9.84 Å². The highest BCUT2D eigenvalue weighted by atomic mass is 32.2. The average molecular weight is 287 g/mol. The van der Waals surface area contributed by atoms with Crippen LogP contribution in [0.25, 0.3) is 0 Å². The Morgan fingerprint density at radius 1 is 1.37 bits per heavy atom. The molecule has 1 aliphatic heterocycles. The molecule has 1 aromatic rings. The molecule has 1 saturated heterocycles. The molecule has 1 aliphatic rings. The molecule has 0 amide bonds. The number of carbonyl (C=O) groups is 1. The molecule has 1 aromatic carbocycles. The van der Waals surface area contributed by atoms with Gasteiger partial charge >= 0.3 is 5.97 Å². The number of carbonyl (C=O) groups excluding carboxylic acids is 1. The van der Waals surface area contributed by atoms with E-state index in [4.69, 9.17) is 0 Å². The number of hydrogen-bond donors (Lipinski definition) is 1. The lowest BCUT2D eigenvalue weighted by atomic mass is 10.1. The molecule has 104 valence electrons. The third-order valence-corrected chi connectivity index (χ3v) is 4.69. The maximum Gasteiger partial charge on any atom is 0.323 e. The van der Waals surface area contributed by atoms with E-state index in [1.54, 1.807) is 6.07 Å². The second kappa shape index (κ2) is 5.26. The molecule has 0 saturated carbocycles. The van der Waals surface area contributed by atoms with Crippen molar-refractivity contribution < 1.29 is 22.3 Å². The van der Waals surface area contributed by atoms with Gasteiger partial charge in [0.2, 0.25) is 0 Å². The van der Waals surface area contributed by atoms with Crippen molar-refractivity contribution in [1.82, 2.24) is 5.32 Å². The van der Waals surface area contributed by atoms with Gasteiger partial charge in [0, 0.05) is 11.6 Å². The van der Waals surface area contributed by atoms with Gasteiger partial charge in [-0.25, -0.2) is 12.8 Å². The third-order valence-electron chi connectivity index (χ3n) is 3.01. The zero-order valence-electron chi connectivity index (χ0n) is 10.3. The summed E-state index contributed by atoms with van der Waals surface area (Å²) in [7, 11) is -2.25. The first-order valence-corrected chi connectivity index (χ1v) is 7.54. The SMILES string of the molecule is COC(=O)C1CS(=O)(=O)CC(c2ccccc2F)N1. The minimum Gasteiger partial charge on any atom is -0.468 e. The first-order valence-electron chi connectivity index (χ1n) is 5.71. The quantitative estimate of drug-likeness (QED) is 0.798. The Morgan fingerprint density at radius 2 is 2.05 bits per heavy atom. The fourth-order valence-corrected chi connectivity index (χ4v) is 3.79. The van der Waals surface area contributed by atoms with Gasteiger partial charge in [-0.15, -0.1) is 0 Å². The number of benzene rings is 1. The van der Waals surface area contributed by atoms with Gasteiger partial charge in [-0.3, -0.25) is 10.1 Å². The summed E-state index contributed by atoms with van der Waals surface area (Å²) in [5.74, 6) is -1.73. The molecule has 2 rings (SSSR count). The van der Waals surface area contributed by atoms with E-state index in [9.17, 15) is 17.6 Å². The molecule has 19 heavy (non-hydrogen) atoms. The van der Waals surface area contributed by atoms with E-state index in [2.05, 4.69) is 10.1 Å². The molecule has 0 aliphatic carbocycles. The lowest BCUT2D eigenvalue weighted by molar-refractivity contribution is -0.142. The van der Waals surface area contributed by atoms with Crippen molar-refractivity contribution in [1.29, 1.82) is 0 Å². The number of halogens is 1. The van der Waals surface area contributed by atoms with Crippen LogP contribution in [0.15, 0.2) is 24.3 Å². The predicted molar refractivity (Wildman–Crippen MR) is 66.7 cm³/mol. The highest BCUT2D eigenvalue weighted by Gasteiger charge is 2.37. The van der Waals surface area contributed by atoms with Crippen molar-refractivity contribution in [2.75, 3.05) is 18.6 Å². The van der Waals surface area contributed by atoms with E-state index < -0.39 is 33.7 Å². The molecule has 1 heterocycles. The van der Waals surface area contributed by atoms with E-state index in [1.807, 2.05) is 0 Å². The van der Waals surface area contributed by atoms with Gasteiger partial charge < -0.3 is 4.74 Å². The van der Waals surface area contributed by atoms with E-state index in [-0.39, 0.29) is 17.1 Å². The van der Waals surface area contributed by atoms with Gasteiger partial charge in [-0.1, -0.05) is 18.2 Å². The molecule has 1 fully saturated rings. The maximum absolute atomic E-state index is 13.7. The van der Waals surface area contributed by atoms with Crippen LogP contribution in [0.1, 0.15) is 11.6 Å². The van der Waals surface area contributed by atoms with Gasteiger partial charge in [-0.2, -0.15) is 0 Å². The zero-order valence-corrected chi connectivity index (χ0v) is 11.1. The summed E-state index contributed by atoms with van der Waals surface area (Å²) in [5, 5.41) is 2.82. The fourth-order valence-electron chi connectivity index (χ4n) is 2.13. The monoisotopic (exact) mass is 287 g/mol. The van der Waals surface area contributed by atoms with Crippen molar-refractivity contribution >= 4 is 15.8 Å². The number of methoxy groups -OCH3 is 1. The van der Waals surface area contributed by atoms with Crippen LogP contribution < -0.4 is 5.32 Å². The van der Waals surface area contributed by atoms with Gasteiger partial charge in [-0.05, 0) is 6.07 Å². The largest absolute Gasteiger partial charge is 0.468 e. The highest BCUT2D eigenvalue weighted by Crippen LogP contribution is 2.23. The molecule has 5 nitrogen and oxygen atoms in total. The molecule has 0 aromatic heterocycles. The molecular weight excluding hydrogens is 273 g/mol. The Hall–Kier alpha value is -1.47. The van der Waals surface area contributed by atoms with Crippen LogP contribution in [0.4, 0.5) is 4.39 Å². The van der Waals surface area contributed by atoms with Crippen LogP contribution in [0.3, 0.4) is 0 Å². The van der Waals surface area contributed by atoms with Crippen molar-refractivity contribution in [3.63, 3.8) is 0 Å². The Kier molecular flexibility index (Phi) is 3.86. The molecule has 2 atom stereocenters. The zero-order chi connectivity index (χ0) is 14.0. The molecule has 2 unspecified atom stereocenters. The molecule has 1 N–H and O–H groups in total. The minimum atomic E-state index is -3.43. The third kappa shape index (κ3) is 3.10. The van der Waals surface area contributed by atoms with Gasteiger partial charge in [0.25, 0.3) is 0 Å². The number of rotatable bonds is 2. The Bertz CT molecular complexity index is 587. The molecule has 7 heteroatoms. The first-order chi connectivity index (χ1) is 8.93. The highest BCUT2D eigenvalue weighted by molar-refractivity contribution is 7.91. The van der Waals surface area contributed by atoms with Crippen molar-refractivity contribution in [3.8, 4) is 0 Å². The van der Waals surface area contributed by atoms with Crippen molar-refractivity contribution in [2.45, 2.75) is 12.1 Å². The standard InChI is InChI=1S/C12H14FNO4S/c1-18-12(15)11-7-19(16,17)6-10(14-11)8-4-2-3-5-9(8)13/h2-5,10-11,14H,6-7H2,1H3. The second-order valence-electron chi connectivity index (χ2n) is 4.39. The fraction of sp³-hybridized carbons (Fsp3) is 0.417. The van der Waals surface area contributed by atoms with Crippen LogP contribution in [-0.2, 0) is 19.4 Å². The summed E-state index contributed by atoms with van der Waals surface area (Å²) in [5.41, 5.74) is 0.236. The Morgan fingerprint density at radius 3 is 2.68 bits per heavy atom. The Labute approximate surface area is 110 Å². The number of sulfone groups is 1. The molecule has 0 radical (unpaired) electrons. The van der Waals surface area contributed by atoms with E-state index in [0.717, 1.165) is 0 Å². The predicted octanol–water partition coefficient (Wildman–Crippen LogP) is 0.426. The Balaban J connectivity index is 2.31. The van der Waals surface area contributed by atoms with E-state index in [1.165, 1.54) is 25.3 Å². The average Bonchev–Trinajstić information content (AvgIpc) is 2.36. The number of esters is 1. The summed E-state index contributed by atoms with van der Waals surface area (Å²) in [6.07, 6.45) is 0. The molecular formula is C12H14FNO4S. The van der Waals surface area contributed by atoms with Crippen molar-refractivity contribution in [3.05, 3.63) is 35.6 Å². The lowest BCUT2D eigenvalue weighted by Gasteiger charge is -2.29. The maximum atomic E-state index is 13.7. The number of ether oxygens (including phenoxy) is 1. The van der Waals surface area contributed by atoms with Gasteiger partial charge in [0.1, 0.15) is 11.9 Å². The van der Waals surface area contributed by atoms with Crippen LogP contribution >= 0.6 is 0 Å². The van der Waals surface area contributed by atoms with Crippen LogP contribution in [0.5, 0.6) is 0 Å². The second-order valence-corrected chi connectivity index (χ2v) is 6.55. The van der Waals surface area contributed by atoms with Gasteiger partial charge in [0.05, 0.1) is 18.6 Å². The van der Waals surface area contributed by atoms with Crippen molar-refractivity contribution in [2.24, 2.45) is 0 Å². The topological polar surface area (TPSA) is 72.5 Å². The number of hydrogen-bond acceptors (Lipinski definition) is 5.